The summed E-state index contributed by atoms with van der Waals surface area (Å²) in [5.41, 5.74) is 0.933. The fraction of sp³-hybridized carbons (Fsp3) is 0.588. The second kappa shape index (κ2) is 7.20. The summed E-state index contributed by atoms with van der Waals surface area (Å²) in [6, 6.07) is 5.99. The molecule has 2 saturated heterocycles. The van der Waals surface area contributed by atoms with Gasteiger partial charge in [-0.15, -0.1) is 0 Å². The molecule has 1 aromatic carbocycles. The summed E-state index contributed by atoms with van der Waals surface area (Å²) in [5.74, 6) is 0.197. The quantitative estimate of drug-likeness (QED) is 0.838. The molecule has 2 aliphatic heterocycles. The lowest BCUT2D eigenvalue weighted by atomic mass is 10.0. The van der Waals surface area contributed by atoms with Gasteiger partial charge in [-0.05, 0) is 56.5 Å². The number of rotatable bonds is 3. The van der Waals surface area contributed by atoms with Crippen molar-refractivity contribution in [2.24, 2.45) is 0 Å². The first-order valence-electron chi connectivity index (χ1n) is 8.09. The van der Waals surface area contributed by atoms with Crippen LogP contribution in [0.2, 0.25) is 10.0 Å². The number of hydrogen-bond acceptors (Lipinski definition) is 2. The van der Waals surface area contributed by atoms with Crippen molar-refractivity contribution < 1.29 is 4.79 Å². The van der Waals surface area contributed by atoms with Crippen molar-refractivity contribution in [3.8, 4) is 0 Å². The van der Waals surface area contributed by atoms with Gasteiger partial charge in [0.15, 0.2) is 0 Å². The lowest BCUT2D eigenvalue weighted by Crippen LogP contribution is -2.49. The van der Waals surface area contributed by atoms with Gasteiger partial charge in [-0.1, -0.05) is 29.3 Å². The molecule has 0 saturated carbocycles. The van der Waals surface area contributed by atoms with E-state index in [1.54, 1.807) is 12.1 Å². The van der Waals surface area contributed by atoms with Crippen molar-refractivity contribution in [2.75, 3.05) is 26.2 Å². The van der Waals surface area contributed by atoms with Crippen molar-refractivity contribution in [3.63, 3.8) is 0 Å². The highest BCUT2D eigenvalue weighted by molar-refractivity contribution is 6.42. The average Bonchev–Trinajstić information content (AvgIpc) is 3.05. The second-order valence-electron chi connectivity index (χ2n) is 6.30. The molecule has 3 rings (SSSR count). The van der Waals surface area contributed by atoms with Gasteiger partial charge in [0.05, 0.1) is 16.5 Å². The molecule has 0 aromatic heterocycles. The van der Waals surface area contributed by atoms with Crippen LogP contribution in [0.3, 0.4) is 0 Å². The zero-order valence-corrected chi connectivity index (χ0v) is 14.2. The van der Waals surface area contributed by atoms with Crippen LogP contribution in [-0.4, -0.2) is 47.9 Å². The number of benzene rings is 1. The molecule has 0 N–H and O–H groups in total. The molecule has 0 bridgehead atoms. The van der Waals surface area contributed by atoms with E-state index in [0.29, 0.717) is 22.5 Å². The lowest BCUT2D eigenvalue weighted by molar-refractivity contribution is -0.132. The summed E-state index contributed by atoms with van der Waals surface area (Å²) < 4.78 is 0. The zero-order chi connectivity index (χ0) is 15.5. The topological polar surface area (TPSA) is 23.6 Å². The summed E-state index contributed by atoms with van der Waals surface area (Å²) >= 11 is 12.0. The number of hydrogen-bond donors (Lipinski definition) is 0. The predicted octanol–water partition coefficient (Wildman–Crippen LogP) is 3.62. The Morgan fingerprint density at radius 1 is 1.09 bits per heavy atom. The Bertz CT molecular complexity index is 543. The average molecular weight is 341 g/mol. The van der Waals surface area contributed by atoms with Crippen LogP contribution < -0.4 is 0 Å². The molecule has 1 aromatic rings. The number of carbonyl (C=O) groups is 1. The molecule has 5 heteroatoms. The molecule has 0 spiro atoms. The van der Waals surface area contributed by atoms with E-state index >= 15 is 0 Å². The van der Waals surface area contributed by atoms with Crippen molar-refractivity contribution in [1.82, 2.24) is 9.80 Å². The van der Waals surface area contributed by atoms with Crippen molar-refractivity contribution >= 4 is 29.1 Å². The minimum absolute atomic E-state index is 0.197. The van der Waals surface area contributed by atoms with Crippen molar-refractivity contribution in [1.29, 1.82) is 0 Å². The molecular formula is C17H22Cl2N2O. The fourth-order valence-corrected chi connectivity index (χ4v) is 3.84. The van der Waals surface area contributed by atoms with E-state index in [-0.39, 0.29) is 5.91 Å². The molecule has 0 unspecified atom stereocenters. The Kier molecular flexibility index (Phi) is 5.27. The highest BCUT2D eigenvalue weighted by atomic mass is 35.5. The van der Waals surface area contributed by atoms with Crippen LogP contribution in [0.5, 0.6) is 0 Å². The number of likely N-dealkylation sites (tertiary alicyclic amines) is 2. The molecule has 120 valence electrons. The van der Waals surface area contributed by atoms with Crippen LogP contribution in [0.25, 0.3) is 0 Å². The standard InChI is InChI=1S/C17H22Cl2N2O/c18-15-6-5-13(10-16(15)19)11-17(22)21-9-3-4-14(12-21)20-7-1-2-8-20/h5-6,10,14H,1-4,7-9,11-12H2/t14-/m0/s1. The first-order chi connectivity index (χ1) is 10.6. The van der Waals surface area contributed by atoms with Gasteiger partial charge in [-0.25, -0.2) is 0 Å². The Morgan fingerprint density at radius 2 is 1.86 bits per heavy atom. The third kappa shape index (κ3) is 3.76. The first-order valence-corrected chi connectivity index (χ1v) is 8.85. The van der Waals surface area contributed by atoms with Gasteiger partial charge in [-0.3, -0.25) is 9.69 Å². The maximum Gasteiger partial charge on any atom is 0.227 e. The third-order valence-electron chi connectivity index (χ3n) is 4.75. The molecular weight excluding hydrogens is 319 g/mol. The van der Waals surface area contributed by atoms with E-state index < -0.39 is 0 Å². The SMILES string of the molecule is O=C(Cc1ccc(Cl)c(Cl)c1)N1CCC[C@H](N2CCCC2)C1. The molecule has 2 aliphatic rings. The third-order valence-corrected chi connectivity index (χ3v) is 5.48. The Balaban J connectivity index is 1.60. The minimum Gasteiger partial charge on any atom is -0.341 e. The molecule has 1 amide bonds. The number of halogens is 2. The maximum absolute atomic E-state index is 12.6. The van der Waals surface area contributed by atoms with Crippen LogP contribution >= 0.6 is 23.2 Å². The highest BCUT2D eigenvalue weighted by Gasteiger charge is 2.29. The van der Waals surface area contributed by atoms with Gasteiger partial charge in [0.2, 0.25) is 5.91 Å². The largest absolute Gasteiger partial charge is 0.341 e. The summed E-state index contributed by atoms with van der Waals surface area (Å²) in [6.45, 7) is 4.14. The lowest BCUT2D eigenvalue weighted by Gasteiger charge is -2.37. The smallest absolute Gasteiger partial charge is 0.227 e. The van der Waals surface area contributed by atoms with Crippen molar-refractivity contribution in [2.45, 2.75) is 38.1 Å². The summed E-state index contributed by atoms with van der Waals surface area (Å²) in [7, 11) is 0. The van der Waals surface area contributed by atoms with Gasteiger partial charge >= 0.3 is 0 Å². The predicted molar refractivity (Wildman–Crippen MR) is 90.6 cm³/mol. The summed E-state index contributed by atoms with van der Waals surface area (Å²) in [5, 5.41) is 1.05. The van der Waals surface area contributed by atoms with Crippen molar-refractivity contribution in [3.05, 3.63) is 33.8 Å². The van der Waals surface area contributed by atoms with E-state index in [0.717, 1.165) is 25.1 Å². The number of carbonyl (C=O) groups excluding carboxylic acids is 1. The van der Waals surface area contributed by atoms with E-state index in [4.69, 9.17) is 23.2 Å². The number of amides is 1. The van der Waals surface area contributed by atoms with Gasteiger partial charge in [0, 0.05) is 19.1 Å². The van der Waals surface area contributed by atoms with Gasteiger partial charge in [0.25, 0.3) is 0 Å². The minimum atomic E-state index is 0.197. The van der Waals surface area contributed by atoms with Crippen LogP contribution in [0.1, 0.15) is 31.2 Å². The van der Waals surface area contributed by atoms with E-state index in [1.165, 1.54) is 32.4 Å². The van der Waals surface area contributed by atoms with Gasteiger partial charge in [-0.2, -0.15) is 0 Å². The maximum atomic E-state index is 12.6. The van der Waals surface area contributed by atoms with E-state index in [2.05, 4.69) is 4.90 Å². The second-order valence-corrected chi connectivity index (χ2v) is 7.12. The number of piperidine rings is 1. The first kappa shape index (κ1) is 16.1. The van der Waals surface area contributed by atoms with E-state index in [9.17, 15) is 4.79 Å². The van der Waals surface area contributed by atoms with Crippen LogP contribution in [-0.2, 0) is 11.2 Å². The highest BCUT2D eigenvalue weighted by Crippen LogP contribution is 2.24. The van der Waals surface area contributed by atoms with E-state index in [1.807, 2.05) is 11.0 Å². The van der Waals surface area contributed by atoms with Crippen LogP contribution in [0.4, 0.5) is 0 Å². The summed E-state index contributed by atoms with van der Waals surface area (Å²) in [4.78, 5) is 17.1. The molecule has 2 heterocycles. The molecule has 3 nitrogen and oxygen atoms in total. The zero-order valence-electron chi connectivity index (χ0n) is 12.7. The molecule has 0 aliphatic carbocycles. The fourth-order valence-electron chi connectivity index (χ4n) is 3.52. The van der Waals surface area contributed by atoms with Gasteiger partial charge in [0.1, 0.15) is 0 Å². The Labute approximate surface area is 142 Å². The molecule has 1 atom stereocenters. The normalized spacial score (nSPS) is 23.0. The Hall–Kier alpha value is -0.770. The molecule has 0 radical (unpaired) electrons. The summed E-state index contributed by atoms with van der Waals surface area (Å²) in [6.07, 6.45) is 5.33. The number of nitrogens with zero attached hydrogens (tertiary/aromatic N) is 2. The van der Waals surface area contributed by atoms with Gasteiger partial charge < -0.3 is 4.90 Å². The molecule has 2 fully saturated rings. The monoisotopic (exact) mass is 340 g/mol. The Morgan fingerprint density at radius 3 is 2.59 bits per heavy atom. The molecule has 22 heavy (non-hydrogen) atoms. The van der Waals surface area contributed by atoms with Crippen LogP contribution in [0, 0.1) is 0 Å². The van der Waals surface area contributed by atoms with Crippen LogP contribution in [0.15, 0.2) is 18.2 Å².